The van der Waals surface area contributed by atoms with Gasteiger partial charge in [0, 0.05) is 70.0 Å². The summed E-state index contributed by atoms with van der Waals surface area (Å²) in [5, 5.41) is 5.11. The molecule has 44 heavy (non-hydrogen) atoms. The number of benzene rings is 2. The highest BCUT2D eigenvalue weighted by molar-refractivity contribution is 7.99. The zero-order chi connectivity index (χ0) is 30.8. The molecular formula is C32H29ClN6O4S. The molecule has 224 valence electrons. The Kier molecular flexibility index (Phi) is 8.49. The number of ketones is 1. The molecule has 1 aliphatic carbocycles. The standard InChI is InChI=1S/C32H29ClN6O4S/c1-20-35-19-39(36-20)30-27-22(18-44-24-10-8-23(33)9-11-24)16-25(28(27)26(43-2)17-34-30)29(40)32(42)38-14-12-37(13-15-38)31(41)21-6-4-3-5-7-21/h3-11,16-17,19,22H,12-15,18H2,1-2H3. The summed E-state index contributed by atoms with van der Waals surface area (Å²) in [6.45, 7) is 2.98. The lowest BCUT2D eigenvalue weighted by Crippen LogP contribution is -2.52. The molecule has 3 heterocycles. The predicted molar refractivity (Wildman–Crippen MR) is 167 cm³/mol. The lowest BCUT2D eigenvalue weighted by Gasteiger charge is -2.34. The molecule has 6 rings (SSSR count). The molecule has 2 aromatic carbocycles. The molecular weight excluding hydrogens is 600 g/mol. The molecule has 0 bridgehead atoms. The number of Topliss-reactive ketones (excluding diaryl/α,β-unsaturated/α-hetero) is 1. The second-order valence-electron chi connectivity index (χ2n) is 10.4. The number of rotatable bonds is 8. The SMILES string of the molecule is COc1cnc(-n2cnc(C)n2)c2c1C(C(=O)C(=O)N1CCN(C(=O)c3ccccc3)CC1)=CC2CSc1ccc(Cl)cc1. The first-order valence-corrected chi connectivity index (χ1v) is 15.4. The van der Waals surface area contributed by atoms with Crippen LogP contribution in [0.25, 0.3) is 11.4 Å². The fraction of sp³-hybridized carbons (Fsp3) is 0.250. The van der Waals surface area contributed by atoms with Crippen molar-refractivity contribution in [1.29, 1.82) is 0 Å². The highest BCUT2D eigenvalue weighted by Gasteiger charge is 2.38. The summed E-state index contributed by atoms with van der Waals surface area (Å²) in [4.78, 5) is 53.6. The fourth-order valence-corrected chi connectivity index (χ4v) is 6.54. The molecule has 0 radical (unpaired) electrons. The third-order valence-corrected chi connectivity index (χ3v) is 9.05. The average Bonchev–Trinajstić information content (AvgIpc) is 3.67. The van der Waals surface area contributed by atoms with Gasteiger partial charge in [0.25, 0.3) is 17.6 Å². The van der Waals surface area contributed by atoms with Crippen LogP contribution in [0.3, 0.4) is 0 Å². The number of allylic oxidation sites excluding steroid dienone is 1. The summed E-state index contributed by atoms with van der Waals surface area (Å²) in [6.07, 6.45) is 4.95. The molecule has 0 N–H and O–H groups in total. The summed E-state index contributed by atoms with van der Waals surface area (Å²) in [5.41, 5.74) is 2.14. The van der Waals surface area contributed by atoms with E-state index in [1.807, 2.05) is 48.5 Å². The number of aromatic nitrogens is 4. The zero-order valence-electron chi connectivity index (χ0n) is 24.1. The average molecular weight is 629 g/mol. The number of pyridine rings is 1. The van der Waals surface area contributed by atoms with Crippen molar-refractivity contribution >= 4 is 46.5 Å². The Labute approximate surface area is 263 Å². The molecule has 1 atom stereocenters. The van der Waals surface area contributed by atoms with E-state index >= 15 is 0 Å². The van der Waals surface area contributed by atoms with E-state index in [-0.39, 0.29) is 30.5 Å². The van der Waals surface area contributed by atoms with E-state index in [0.717, 1.165) is 10.5 Å². The Morgan fingerprint density at radius 3 is 2.34 bits per heavy atom. The molecule has 12 heteroatoms. The van der Waals surface area contributed by atoms with Gasteiger partial charge in [-0.25, -0.2) is 14.6 Å². The molecule has 1 aliphatic heterocycles. The highest BCUT2D eigenvalue weighted by Crippen LogP contribution is 2.46. The Morgan fingerprint density at radius 1 is 0.977 bits per heavy atom. The van der Waals surface area contributed by atoms with Crippen molar-refractivity contribution in [1.82, 2.24) is 29.5 Å². The molecule has 10 nitrogen and oxygen atoms in total. The monoisotopic (exact) mass is 628 g/mol. The minimum Gasteiger partial charge on any atom is -0.494 e. The third kappa shape index (κ3) is 5.85. The van der Waals surface area contributed by atoms with Gasteiger partial charge in [-0.2, -0.15) is 5.10 Å². The number of ether oxygens (including phenoxy) is 1. The molecule has 2 amide bonds. The number of carbonyl (C=O) groups is 3. The maximum atomic E-state index is 13.9. The van der Waals surface area contributed by atoms with Crippen molar-refractivity contribution in [2.75, 3.05) is 39.0 Å². The maximum absolute atomic E-state index is 13.9. The van der Waals surface area contributed by atoms with Gasteiger partial charge in [0.05, 0.1) is 13.3 Å². The Bertz CT molecular complexity index is 1750. The quantitative estimate of drug-likeness (QED) is 0.208. The number of nitrogens with zero attached hydrogens (tertiary/aromatic N) is 6. The van der Waals surface area contributed by atoms with Crippen LogP contribution in [0.2, 0.25) is 5.02 Å². The number of aryl methyl sites for hydroxylation is 1. The summed E-state index contributed by atoms with van der Waals surface area (Å²) < 4.78 is 7.26. The van der Waals surface area contributed by atoms with Crippen LogP contribution in [0.15, 0.2) is 78.1 Å². The lowest BCUT2D eigenvalue weighted by atomic mass is 9.99. The Balaban J connectivity index is 1.28. The van der Waals surface area contributed by atoms with Crippen LogP contribution in [-0.2, 0) is 9.59 Å². The number of piperazine rings is 1. The fourth-order valence-electron chi connectivity index (χ4n) is 5.45. The minimum absolute atomic E-state index is 0.0920. The van der Waals surface area contributed by atoms with Gasteiger partial charge in [-0.3, -0.25) is 14.4 Å². The number of carbonyl (C=O) groups excluding carboxylic acids is 3. The Morgan fingerprint density at radius 2 is 1.68 bits per heavy atom. The summed E-state index contributed by atoms with van der Waals surface area (Å²) >= 11 is 7.68. The molecule has 0 spiro atoms. The summed E-state index contributed by atoms with van der Waals surface area (Å²) in [5.74, 6) is 0.439. The van der Waals surface area contributed by atoms with Crippen molar-refractivity contribution < 1.29 is 19.1 Å². The first-order chi connectivity index (χ1) is 21.3. The van der Waals surface area contributed by atoms with Crippen LogP contribution in [0.1, 0.15) is 33.2 Å². The van der Waals surface area contributed by atoms with Gasteiger partial charge in [-0.05, 0) is 43.3 Å². The smallest absolute Gasteiger partial charge is 0.295 e. The van der Waals surface area contributed by atoms with Gasteiger partial charge in [0.1, 0.15) is 17.9 Å². The molecule has 1 saturated heterocycles. The summed E-state index contributed by atoms with van der Waals surface area (Å²) in [6, 6.07) is 16.6. The van der Waals surface area contributed by atoms with E-state index in [4.69, 9.17) is 16.3 Å². The molecule has 1 unspecified atom stereocenters. The molecule has 2 aromatic heterocycles. The zero-order valence-corrected chi connectivity index (χ0v) is 25.7. The van der Waals surface area contributed by atoms with Gasteiger partial charge >= 0.3 is 0 Å². The van der Waals surface area contributed by atoms with Crippen molar-refractivity contribution in [3.05, 3.63) is 101 Å². The van der Waals surface area contributed by atoms with E-state index in [1.54, 1.807) is 52.9 Å². The number of thioether (sulfide) groups is 1. The van der Waals surface area contributed by atoms with Crippen LogP contribution in [0.5, 0.6) is 5.75 Å². The van der Waals surface area contributed by atoms with Crippen LogP contribution in [0.4, 0.5) is 0 Å². The second-order valence-corrected chi connectivity index (χ2v) is 11.9. The number of methoxy groups -OCH3 is 1. The molecule has 2 aliphatic rings. The lowest BCUT2D eigenvalue weighted by molar-refractivity contribution is -0.142. The highest BCUT2D eigenvalue weighted by atomic mass is 35.5. The van der Waals surface area contributed by atoms with Gasteiger partial charge < -0.3 is 14.5 Å². The first-order valence-electron chi connectivity index (χ1n) is 14.1. The first kappa shape index (κ1) is 29.6. The van der Waals surface area contributed by atoms with Crippen LogP contribution < -0.4 is 4.74 Å². The van der Waals surface area contributed by atoms with E-state index in [9.17, 15) is 14.4 Å². The van der Waals surface area contributed by atoms with Gasteiger partial charge in [-0.1, -0.05) is 35.9 Å². The van der Waals surface area contributed by atoms with Gasteiger partial charge in [-0.15, -0.1) is 11.8 Å². The van der Waals surface area contributed by atoms with E-state index in [1.165, 1.54) is 12.0 Å². The topological polar surface area (TPSA) is 111 Å². The van der Waals surface area contributed by atoms with Crippen molar-refractivity contribution in [2.24, 2.45) is 0 Å². The second kappa shape index (κ2) is 12.6. The molecule has 1 fully saturated rings. The number of hydrogen-bond donors (Lipinski definition) is 0. The van der Waals surface area contributed by atoms with E-state index in [2.05, 4.69) is 15.1 Å². The number of fused-ring (bicyclic) bond motifs is 1. The Hall–Kier alpha value is -4.48. The van der Waals surface area contributed by atoms with Crippen molar-refractivity contribution in [2.45, 2.75) is 17.7 Å². The predicted octanol–water partition coefficient (Wildman–Crippen LogP) is 4.46. The molecule has 0 saturated carbocycles. The van der Waals surface area contributed by atoms with Crippen LogP contribution in [0, 0.1) is 6.92 Å². The van der Waals surface area contributed by atoms with E-state index in [0.29, 0.717) is 52.4 Å². The van der Waals surface area contributed by atoms with Gasteiger partial charge in [0.15, 0.2) is 5.82 Å². The largest absolute Gasteiger partial charge is 0.494 e. The number of halogens is 1. The minimum atomic E-state index is -0.627. The summed E-state index contributed by atoms with van der Waals surface area (Å²) in [7, 11) is 1.51. The number of amides is 2. The normalized spacial score (nSPS) is 16.0. The van der Waals surface area contributed by atoms with Crippen molar-refractivity contribution in [3.8, 4) is 11.6 Å². The third-order valence-electron chi connectivity index (χ3n) is 7.67. The van der Waals surface area contributed by atoms with Crippen LogP contribution in [-0.4, -0.2) is 86.2 Å². The maximum Gasteiger partial charge on any atom is 0.295 e. The molecule has 4 aromatic rings. The van der Waals surface area contributed by atoms with Gasteiger partial charge in [0.2, 0.25) is 0 Å². The van der Waals surface area contributed by atoms with Crippen molar-refractivity contribution in [3.63, 3.8) is 0 Å². The number of hydrogen-bond acceptors (Lipinski definition) is 8. The van der Waals surface area contributed by atoms with Crippen LogP contribution >= 0.6 is 23.4 Å². The van der Waals surface area contributed by atoms with E-state index < -0.39 is 11.7 Å².